The number of para-hydroxylation sites is 1. The van der Waals surface area contributed by atoms with Gasteiger partial charge in [0.05, 0.1) is 0 Å². The third-order valence-corrected chi connectivity index (χ3v) is 4.19. The Hall–Kier alpha value is -0.980. The molecule has 0 radical (unpaired) electrons. The van der Waals surface area contributed by atoms with Gasteiger partial charge in [0.2, 0.25) is 0 Å². The van der Waals surface area contributed by atoms with Crippen LogP contribution in [-0.4, -0.2) is 5.11 Å². The van der Waals surface area contributed by atoms with Gasteiger partial charge in [-0.3, -0.25) is 0 Å². The average molecular weight is 204 g/mol. The minimum absolute atomic E-state index is 0.170. The first kappa shape index (κ1) is 10.5. The van der Waals surface area contributed by atoms with Crippen molar-refractivity contribution in [2.75, 3.05) is 0 Å². The van der Waals surface area contributed by atoms with Crippen LogP contribution < -0.4 is 0 Å². The smallest absolute Gasteiger partial charge is 0.119 e. The van der Waals surface area contributed by atoms with Gasteiger partial charge in [0.25, 0.3) is 0 Å². The maximum Gasteiger partial charge on any atom is 0.119 e. The van der Waals surface area contributed by atoms with Crippen LogP contribution in [0.15, 0.2) is 24.3 Å². The van der Waals surface area contributed by atoms with Crippen LogP contribution in [0.25, 0.3) is 0 Å². The molecule has 1 fully saturated rings. The Kier molecular flexibility index (Phi) is 2.72. The highest BCUT2D eigenvalue weighted by molar-refractivity contribution is 5.38. The highest BCUT2D eigenvalue weighted by atomic mass is 16.3. The summed E-state index contributed by atoms with van der Waals surface area (Å²) in [5.74, 6) is 1.13. The van der Waals surface area contributed by atoms with Gasteiger partial charge in [0.1, 0.15) is 5.75 Å². The topological polar surface area (TPSA) is 20.2 Å². The van der Waals surface area contributed by atoms with E-state index in [-0.39, 0.29) is 5.41 Å². The van der Waals surface area contributed by atoms with Gasteiger partial charge in [0.15, 0.2) is 0 Å². The number of benzene rings is 1. The van der Waals surface area contributed by atoms with Crippen molar-refractivity contribution in [1.29, 1.82) is 0 Å². The monoisotopic (exact) mass is 204 g/mol. The first-order valence-corrected chi connectivity index (χ1v) is 5.93. The molecule has 1 aliphatic carbocycles. The fourth-order valence-corrected chi connectivity index (χ4v) is 2.86. The van der Waals surface area contributed by atoms with Gasteiger partial charge in [-0.15, -0.1) is 0 Å². The Morgan fingerprint density at radius 3 is 2.67 bits per heavy atom. The molecule has 2 atom stereocenters. The summed E-state index contributed by atoms with van der Waals surface area (Å²) in [6.07, 6.45) is 5.11. The molecule has 2 rings (SSSR count). The second kappa shape index (κ2) is 3.88. The summed E-state index contributed by atoms with van der Waals surface area (Å²) in [6, 6.07) is 7.82. The van der Waals surface area contributed by atoms with Crippen molar-refractivity contribution in [2.45, 2.75) is 44.9 Å². The van der Waals surface area contributed by atoms with Crippen LogP contribution >= 0.6 is 0 Å². The van der Waals surface area contributed by atoms with E-state index in [0.29, 0.717) is 11.7 Å². The van der Waals surface area contributed by atoms with E-state index >= 15 is 0 Å². The number of rotatable bonds is 1. The molecule has 1 N–H and O–H groups in total. The fraction of sp³-hybridized carbons (Fsp3) is 0.571. The van der Waals surface area contributed by atoms with Gasteiger partial charge < -0.3 is 5.11 Å². The zero-order valence-corrected chi connectivity index (χ0v) is 9.66. The molecule has 0 bridgehead atoms. The zero-order chi connectivity index (χ0) is 10.9. The number of hydrogen-bond acceptors (Lipinski definition) is 1. The van der Waals surface area contributed by atoms with Crippen molar-refractivity contribution >= 4 is 0 Å². The molecule has 0 aliphatic heterocycles. The summed E-state index contributed by atoms with van der Waals surface area (Å²) < 4.78 is 0. The third kappa shape index (κ3) is 1.75. The van der Waals surface area contributed by atoms with Crippen LogP contribution in [0.5, 0.6) is 5.75 Å². The molecule has 2 unspecified atom stereocenters. The lowest BCUT2D eigenvalue weighted by atomic mass is 9.64. The van der Waals surface area contributed by atoms with Crippen LogP contribution in [0.2, 0.25) is 0 Å². The highest BCUT2D eigenvalue weighted by Crippen LogP contribution is 2.45. The summed E-state index contributed by atoms with van der Waals surface area (Å²) >= 11 is 0. The molecule has 1 aromatic carbocycles. The maximum absolute atomic E-state index is 9.95. The first-order valence-electron chi connectivity index (χ1n) is 5.93. The number of hydrogen-bond donors (Lipinski definition) is 1. The Bertz CT molecular complexity index is 345. The largest absolute Gasteiger partial charge is 0.508 e. The number of aromatic hydroxyl groups is 1. The quantitative estimate of drug-likeness (QED) is 0.736. The lowest BCUT2D eigenvalue weighted by molar-refractivity contribution is 0.216. The van der Waals surface area contributed by atoms with Crippen molar-refractivity contribution in [3.05, 3.63) is 29.8 Å². The van der Waals surface area contributed by atoms with Gasteiger partial charge in [-0.05, 0) is 30.2 Å². The molecule has 0 heterocycles. The number of phenolic OH excluding ortho intramolecular Hbond substituents is 1. The van der Waals surface area contributed by atoms with Crippen LogP contribution in [0.4, 0.5) is 0 Å². The van der Waals surface area contributed by atoms with Crippen LogP contribution in [0.1, 0.15) is 45.1 Å². The van der Waals surface area contributed by atoms with E-state index in [1.807, 2.05) is 18.2 Å². The van der Waals surface area contributed by atoms with E-state index < -0.39 is 0 Å². The molecule has 1 heteroatoms. The van der Waals surface area contributed by atoms with E-state index in [4.69, 9.17) is 0 Å². The predicted octanol–water partition coefficient (Wildman–Crippen LogP) is 3.86. The standard InChI is InChI=1S/C14H20O/c1-11-7-5-6-10-14(11,2)12-8-3-4-9-13(12)15/h3-4,8-9,11,15H,5-7,10H2,1-2H3. The Labute approximate surface area is 92.1 Å². The minimum atomic E-state index is 0.170. The second-order valence-corrected chi connectivity index (χ2v) is 5.08. The summed E-state index contributed by atoms with van der Waals surface area (Å²) in [5.41, 5.74) is 1.31. The van der Waals surface area contributed by atoms with Crippen LogP contribution in [0, 0.1) is 5.92 Å². The summed E-state index contributed by atoms with van der Waals surface area (Å²) in [7, 11) is 0. The molecule has 82 valence electrons. The normalized spacial score (nSPS) is 31.5. The minimum Gasteiger partial charge on any atom is -0.508 e. The van der Waals surface area contributed by atoms with Crippen molar-refractivity contribution in [3.8, 4) is 5.75 Å². The van der Waals surface area contributed by atoms with Crippen molar-refractivity contribution < 1.29 is 5.11 Å². The molecular weight excluding hydrogens is 184 g/mol. The second-order valence-electron chi connectivity index (χ2n) is 5.08. The lowest BCUT2D eigenvalue weighted by Crippen LogP contribution is -2.33. The zero-order valence-electron chi connectivity index (χ0n) is 9.66. The first-order chi connectivity index (χ1) is 7.14. The van der Waals surface area contributed by atoms with E-state index in [0.717, 1.165) is 5.56 Å². The average Bonchev–Trinajstić information content (AvgIpc) is 2.23. The summed E-state index contributed by atoms with van der Waals surface area (Å²) in [6.45, 7) is 4.61. The third-order valence-electron chi connectivity index (χ3n) is 4.19. The fourth-order valence-electron chi connectivity index (χ4n) is 2.86. The molecule has 0 aromatic heterocycles. The Morgan fingerprint density at radius 2 is 2.00 bits per heavy atom. The molecule has 1 nitrogen and oxygen atoms in total. The summed E-state index contributed by atoms with van der Waals surface area (Å²) in [4.78, 5) is 0. The van der Waals surface area contributed by atoms with Gasteiger partial charge in [0, 0.05) is 5.56 Å². The van der Waals surface area contributed by atoms with Crippen LogP contribution in [-0.2, 0) is 5.41 Å². The van der Waals surface area contributed by atoms with Gasteiger partial charge >= 0.3 is 0 Å². The molecule has 0 saturated heterocycles. The predicted molar refractivity (Wildman–Crippen MR) is 63.1 cm³/mol. The van der Waals surface area contributed by atoms with Crippen LogP contribution in [0.3, 0.4) is 0 Å². The number of phenols is 1. The molecule has 1 aromatic rings. The SMILES string of the molecule is CC1CCCCC1(C)c1ccccc1O. The molecule has 0 amide bonds. The van der Waals surface area contributed by atoms with Gasteiger partial charge in [-0.1, -0.05) is 44.9 Å². The van der Waals surface area contributed by atoms with Crippen molar-refractivity contribution in [3.63, 3.8) is 0 Å². The molecule has 1 aliphatic rings. The van der Waals surface area contributed by atoms with E-state index in [1.165, 1.54) is 25.7 Å². The highest BCUT2D eigenvalue weighted by Gasteiger charge is 2.36. The van der Waals surface area contributed by atoms with Gasteiger partial charge in [-0.2, -0.15) is 0 Å². The van der Waals surface area contributed by atoms with E-state index in [2.05, 4.69) is 19.9 Å². The van der Waals surface area contributed by atoms with Crippen molar-refractivity contribution in [1.82, 2.24) is 0 Å². The molecular formula is C14H20O. The summed E-state index contributed by atoms with van der Waals surface area (Å²) in [5, 5.41) is 9.95. The molecule has 15 heavy (non-hydrogen) atoms. The van der Waals surface area contributed by atoms with Crippen molar-refractivity contribution in [2.24, 2.45) is 5.92 Å². The Morgan fingerprint density at radius 1 is 1.27 bits per heavy atom. The van der Waals surface area contributed by atoms with Gasteiger partial charge in [-0.25, -0.2) is 0 Å². The van der Waals surface area contributed by atoms with E-state index in [9.17, 15) is 5.11 Å². The Balaban J connectivity index is 2.39. The maximum atomic E-state index is 9.95. The molecule has 0 spiro atoms. The lowest BCUT2D eigenvalue weighted by Gasteiger charge is -2.40. The van der Waals surface area contributed by atoms with E-state index in [1.54, 1.807) is 0 Å². The molecule has 1 saturated carbocycles.